The van der Waals surface area contributed by atoms with Gasteiger partial charge in [0, 0.05) is 18.7 Å². The van der Waals surface area contributed by atoms with E-state index in [0.29, 0.717) is 0 Å². The third-order valence-corrected chi connectivity index (χ3v) is 3.74. The third-order valence-electron chi connectivity index (χ3n) is 3.74. The summed E-state index contributed by atoms with van der Waals surface area (Å²) >= 11 is 0. The molecule has 6 nitrogen and oxygen atoms in total. The predicted molar refractivity (Wildman–Crippen MR) is 74.6 cm³/mol. The largest absolute Gasteiger partial charge is 0.494 e. The molecule has 22 heavy (non-hydrogen) atoms. The van der Waals surface area contributed by atoms with Crippen LogP contribution in [-0.4, -0.2) is 28.9 Å². The van der Waals surface area contributed by atoms with Gasteiger partial charge in [-0.15, -0.1) is 0 Å². The first-order valence-electron chi connectivity index (χ1n) is 6.45. The van der Waals surface area contributed by atoms with Gasteiger partial charge in [-0.2, -0.15) is 0 Å². The third kappa shape index (κ3) is 1.91. The Kier molecular flexibility index (Phi) is 3.05. The van der Waals surface area contributed by atoms with E-state index < -0.39 is 40.7 Å². The van der Waals surface area contributed by atoms with Crippen LogP contribution >= 0.6 is 0 Å². The molecular weight excluding hydrogens is 298 g/mol. The number of pyridine rings is 1. The minimum Gasteiger partial charge on any atom is -0.494 e. The van der Waals surface area contributed by atoms with Crippen LogP contribution in [0, 0.1) is 5.82 Å². The number of aromatic carboxylic acids is 1. The van der Waals surface area contributed by atoms with Crippen molar-refractivity contribution in [2.75, 3.05) is 12.8 Å². The minimum absolute atomic E-state index is 0.00478. The molecule has 0 spiro atoms. The summed E-state index contributed by atoms with van der Waals surface area (Å²) in [5, 5.41) is 8.82. The second kappa shape index (κ2) is 4.69. The van der Waals surface area contributed by atoms with Crippen molar-refractivity contribution in [3.63, 3.8) is 0 Å². The van der Waals surface area contributed by atoms with E-state index in [4.69, 9.17) is 15.6 Å². The Morgan fingerprint density at radius 1 is 1.55 bits per heavy atom. The van der Waals surface area contributed by atoms with Gasteiger partial charge in [0.1, 0.15) is 17.5 Å². The molecule has 0 amide bonds. The highest BCUT2D eigenvalue weighted by Crippen LogP contribution is 2.43. The van der Waals surface area contributed by atoms with Gasteiger partial charge in [-0.1, -0.05) is 0 Å². The summed E-state index contributed by atoms with van der Waals surface area (Å²) in [4.78, 5) is 23.5. The lowest BCUT2D eigenvalue weighted by atomic mass is 10.1. The maximum absolute atomic E-state index is 13.9. The van der Waals surface area contributed by atoms with E-state index in [1.54, 1.807) is 0 Å². The minimum atomic E-state index is -1.49. The quantitative estimate of drug-likeness (QED) is 0.842. The smallest absolute Gasteiger partial charge is 0.341 e. The molecule has 2 aromatic rings. The van der Waals surface area contributed by atoms with Crippen LogP contribution in [0.4, 0.5) is 14.5 Å². The molecule has 1 aliphatic carbocycles. The molecule has 2 unspecified atom stereocenters. The van der Waals surface area contributed by atoms with Gasteiger partial charge >= 0.3 is 5.97 Å². The molecule has 3 rings (SSSR count). The summed E-state index contributed by atoms with van der Waals surface area (Å²) < 4.78 is 33.6. The predicted octanol–water partition coefficient (Wildman–Crippen LogP) is 1.71. The number of anilines is 1. The summed E-state index contributed by atoms with van der Waals surface area (Å²) in [5.41, 5.74) is 3.71. The molecule has 1 aromatic heterocycles. The first-order chi connectivity index (χ1) is 10.4. The Hall–Kier alpha value is -2.64. The van der Waals surface area contributed by atoms with Gasteiger partial charge < -0.3 is 20.1 Å². The summed E-state index contributed by atoms with van der Waals surface area (Å²) in [6, 6.07) is 0.365. The molecule has 0 radical (unpaired) electrons. The first kappa shape index (κ1) is 14.3. The highest BCUT2D eigenvalue weighted by Gasteiger charge is 2.41. The average Bonchev–Trinajstić information content (AvgIpc) is 3.19. The van der Waals surface area contributed by atoms with Crippen LogP contribution in [0.2, 0.25) is 0 Å². The average molecular weight is 310 g/mol. The highest BCUT2D eigenvalue weighted by atomic mass is 19.1. The number of benzene rings is 1. The van der Waals surface area contributed by atoms with Crippen molar-refractivity contribution in [1.82, 2.24) is 4.57 Å². The SMILES string of the molecule is COc1cc(F)c(N)c2c(=O)c(C(=O)O)cn(C3CC3F)c12. The molecule has 1 fully saturated rings. The second-order valence-electron chi connectivity index (χ2n) is 5.10. The first-order valence-corrected chi connectivity index (χ1v) is 6.45. The molecule has 1 heterocycles. The van der Waals surface area contributed by atoms with E-state index in [2.05, 4.69) is 0 Å². The van der Waals surface area contributed by atoms with Crippen molar-refractivity contribution in [2.24, 2.45) is 0 Å². The molecule has 1 aromatic carbocycles. The van der Waals surface area contributed by atoms with E-state index in [1.165, 1.54) is 11.7 Å². The Morgan fingerprint density at radius 2 is 2.18 bits per heavy atom. The molecule has 8 heteroatoms. The second-order valence-corrected chi connectivity index (χ2v) is 5.10. The fraction of sp³-hybridized carbons (Fsp3) is 0.286. The number of halogens is 2. The van der Waals surface area contributed by atoms with Gasteiger partial charge in [0.05, 0.1) is 29.7 Å². The summed E-state index contributed by atoms with van der Waals surface area (Å²) in [6.45, 7) is 0. The Balaban J connectivity index is 2.52. The Morgan fingerprint density at radius 3 is 2.68 bits per heavy atom. The lowest BCUT2D eigenvalue weighted by Gasteiger charge is -2.16. The molecule has 0 saturated heterocycles. The number of hydrogen-bond donors (Lipinski definition) is 2. The molecular formula is C14H12F2N2O4. The zero-order valence-corrected chi connectivity index (χ0v) is 11.5. The number of alkyl halides is 1. The summed E-state index contributed by atoms with van der Waals surface area (Å²) in [7, 11) is 1.27. The van der Waals surface area contributed by atoms with Crippen molar-refractivity contribution >= 4 is 22.6 Å². The Labute approximate surface area is 122 Å². The lowest BCUT2D eigenvalue weighted by molar-refractivity contribution is 0.0694. The van der Waals surface area contributed by atoms with Crippen molar-refractivity contribution < 1.29 is 23.4 Å². The molecule has 0 aliphatic heterocycles. The number of aromatic nitrogens is 1. The number of carboxylic acids is 1. The molecule has 3 N–H and O–H groups in total. The van der Waals surface area contributed by atoms with Gasteiger partial charge in [-0.3, -0.25) is 4.79 Å². The number of carbonyl (C=O) groups is 1. The summed E-state index contributed by atoms with van der Waals surface area (Å²) in [6.07, 6.45) is 0.0671. The van der Waals surface area contributed by atoms with Crippen LogP contribution in [0.15, 0.2) is 17.1 Å². The number of hydrogen-bond acceptors (Lipinski definition) is 4. The van der Waals surface area contributed by atoms with Crippen LogP contribution in [0.1, 0.15) is 22.8 Å². The molecule has 1 aliphatic rings. The van der Waals surface area contributed by atoms with Gasteiger partial charge in [-0.05, 0) is 0 Å². The maximum atomic E-state index is 13.9. The fourth-order valence-corrected chi connectivity index (χ4v) is 2.52. The van der Waals surface area contributed by atoms with Crippen molar-refractivity contribution in [1.29, 1.82) is 0 Å². The fourth-order valence-electron chi connectivity index (χ4n) is 2.52. The number of rotatable bonds is 3. The van der Waals surface area contributed by atoms with Crippen molar-refractivity contribution in [3.8, 4) is 5.75 Å². The van der Waals surface area contributed by atoms with E-state index in [0.717, 1.165) is 12.3 Å². The zero-order chi connectivity index (χ0) is 16.2. The van der Waals surface area contributed by atoms with Crippen LogP contribution in [-0.2, 0) is 0 Å². The van der Waals surface area contributed by atoms with Gasteiger partial charge in [0.2, 0.25) is 5.43 Å². The highest BCUT2D eigenvalue weighted by molar-refractivity contribution is 5.99. The number of ether oxygens (including phenoxy) is 1. The molecule has 0 bridgehead atoms. The number of nitrogens with zero attached hydrogens (tertiary/aromatic N) is 1. The zero-order valence-electron chi connectivity index (χ0n) is 11.5. The van der Waals surface area contributed by atoms with Crippen LogP contribution in [0.3, 0.4) is 0 Å². The van der Waals surface area contributed by atoms with Gasteiger partial charge in [0.25, 0.3) is 0 Å². The normalized spacial score (nSPS) is 20.1. The standard InChI is InChI=1S/C14H12F2N2O4/c1-22-9-3-7(16)11(17)10-12(9)18(8-2-6(8)15)4-5(13(10)19)14(20)21/h3-4,6,8H,2,17H2,1H3,(H,20,21). The number of nitrogens with two attached hydrogens (primary N) is 1. The monoisotopic (exact) mass is 310 g/mol. The van der Waals surface area contributed by atoms with E-state index in [1.807, 2.05) is 0 Å². The van der Waals surface area contributed by atoms with Crippen LogP contribution < -0.4 is 15.9 Å². The van der Waals surface area contributed by atoms with Crippen molar-refractivity contribution in [3.05, 3.63) is 33.9 Å². The number of nitrogen functional groups attached to an aromatic ring is 1. The number of fused-ring (bicyclic) bond motifs is 1. The lowest BCUT2D eigenvalue weighted by Crippen LogP contribution is -2.21. The van der Waals surface area contributed by atoms with Crippen LogP contribution in [0.25, 0.3) is 10.9 Å². The molecule has 2 atom stereocenters. The number of carboxylic acid groups (broad SMARTS) is 1. The van der Waals surface area contributed by atoms with E-state index in [9.17, 15) is 18.4 Å². The van der Waals surface area contributed by atoms with E-state index in [-0.39, 0.29) is 23.1 Å². The number of methoxy groups -OCH3 is 1. The van der Waals surface area contributed by atoms with Crippen LogP contribution in [0.5, 0.6) is 5.75 Å². The Bertz CT molecular complexity index is 862. The summed E-state index contributed by atoms with van der Waals surface area (Å²) in [5.74, 6) is -2.39. The van der Waals surface area contributed by atoms with Gasteiger partial charge in [0.15, 0.2) is 5.82 Å². The van der Waals surface area contributed by atoms with Gasteiger partial charge in [-0.25, -0.2) is 13.6 Å². The topological polar surface area (TPSA) is 94.6 Å². The van der Waals surface area contributed by atoms with E-state index >= 15 is 0 Å². The molecule has 116 valence electrons. The maximum Gasteiger partial charge on any atom is 0.341 e. The van der Waals surface area contributed by atoms with Crippen molar-refractivity contribution in [2.45, 2.75) is 18.6 Å². The molecule has 1 saturated carbocycles.